The zero-order valence-corrected chi connectivity index (χ0v) is 14.4. The molecular formula is C15H32N2O2S. The van der Waals surface area contributed by atoms with Crippen molar-refractivity contribution in [2.45, 2.75) is 58.9 Å². The van der Waals surface area contributed by atoms with E-state index >= 15 is 0 Å². The van der Waals surface area contributed by atoms with Crippen LogP contribution in [-0.2, 0) is 10.0 Å². The van der Waals surface area contributed by atoms with E-state index in [1.807, 2.05) is 0 Å². The minimum atomic E-state index is -3.01. The van der Waals surface area contributed by atoms with Crippen molar-refractivity contribution in [3.8, 4) is 0 Å². The van der Waals surface area contributed by atoms with E-state index in [2.05, 4.69) is 26.1 Å². The number of sulfonamides is 1. The first kappa shape index (κ1) is 17.9. The van der Waals surface area contributed by atoms with Gasteiger partial charge in [-0.25, -0.2) is 12.7 Å². The van der Waals surface area contributed by atoms with Crippen molar-refractivity contribution in [3.05, 3.63) is 0 Å². The van der Waals surface area contributed by atoms with Crippen molar-refractivity contribution in [3.63, 3.8) is 0 Å². The van der Waals surface area contributed by atoms with E-state index < -0.39 is 10.0 Å². The molecule has 0 aromatic heterocycles. The molecule has 20 heavy (non-hydrogen) atoms. The molecule has 1 saturated heterocycles. The third kappa shape index (κ3) is 6.55. The third-order valence-electron chi connectivity index (χ3n) is 4.13. The monoisotopic (exact) mass is 304 g/mol. The summed E-state index contributed by atoms with van der Waals surface area (Å²) in [6.45, 7) is 9.07. The molecule has 1 aliphatic heterocycles. The summed E-state index contributed by atoms with van der Waals surface area (Å²) in [6.07, 6.45) is 7.10. The Hall–Kier alpha value is -0.130. The second-order valence-electron chi connectivity index (χ2n) is 6.58. The van der Waals surface area contributed by atoms with Gasteiger partial charge in [-0.05, 0) is 44.1 Å². The van der Waals surface area contributed by atoms with Gasteiger partial charge in [0.15, 0.2) is 0 Å². The predicted molar refractivity (Wildman–Crippen MR) is 85.3 cm³/mol. The summed E-state index contributed by atoms with van der Waals surface area (Å²) in [5.74, 6) is 1.20. The average molecular weight is 304 g/mol. The van der Waals surface area contributed by atoms with Crippen LogP contribution in [0.15, 0.2) is 0 Å². The van der Waals surface area contributed by atoms with E-state index in [1.165, 1.54) is 25.5 Å². The van der Waals surface area contributed by atoms with E-state index in [-0.39, 0.29) is 0 Å². The van der Waals surface area contributed by atoms with E-state index in [9.17, 15) is 8.42 Å². The van der Waals surface area contributed by atoms with Crippen molar-refractivity contribution in [1.29, 1.82) is 0 Å². The van der Waals surface area contributed by atoms with Crippen LogP contribution in [0.5, 0.6) is 0 Å². The molecular weight excluding hydrogens is 272 g/mol. The fourth-order valence-corrected chi connectivity index (χ4v) is 4.05. The average Bonchev–Trinajstić information content (AvgIpc) is 2.35. The summed E-state index contributed by atoms with van der Waals surface area (Å²) in [6, 6.07) is 0.522. The molecule has 0 aromatic rings. The Morgan fingerprint density at radius 1 is 1.35 bits per heavy atom. The van der Waals surface area contributed by atoms with Crippen LogP contribution in [0.3, 0.4) is 0 Å². The number of hydrogen-bond acceptors (Lipinski definition) is 3. The molecule has 0 amide bonds. The van der Waals surface area contributed by atoms with Crippen LogP contribution >= 0.6 is 0 Å². The zero-order chi connectivity index (χ0) is 15.2. The van der Waals surface area contributed by atoms with Crippen molar-refractivity contribution in [2.75, 3.05) is 25.9 Å². The van der Waals surface area contributed by atoms with Crippen LogP contribution in [0.2, 0.25) is 0 Å². The van der Waals surface area contributed by atoms with Gasteiger partial charge in [0.25, 0.3) is 0 Å². The lowest BCUT2D eigenvalue weighted by Gasteiger charge is -2.33. The van der Waals surface area contributed by atoms with Crippen LogP contribution in [-0.4, -0.2) is 44.7 Å². The van der Waals surface area contributed by atoms with Gasteiger partial charge in [-0.1, -0.05) is 27.2 Å². The minimum absolute atomic E-state index is 0.522. The molecule has 2 unspecified atom stereocenters. The van der Waals surface area contributed by atoms with Gasteiger partial charge in [-0.3, -0.25) is 0 Å². The minimum Gasteiger partial charge on any atom is -0.314 e. The highest BCUT2D eigenvalue weighted by atomic mass is 32.2. The first-order valence-corrected chi connectivity index (χ1v) is 9.86. The molecule has 1 fully saturated rings. The lowest BCUT2D eigenvalue weighted by Crippen LogP contribution is -2.40. The number of nitrogens with zero attached hydrogens (tertiary/aromatic N) is 1. The van der Waals surface area contributed by atoms with Gasteiger partial charge in [0, 0.05) is 19.1 Å². The van der Waals surface area contributed by atoms with Crippen LogP contribution in [0.25, 0.3) is 0 Å². The van der Waals surface area contributed by atoms with Crippen molar-refractivity contribution in [2.24, 2.45) is 11.8 Å². The van der Waals surface area contributed by atoms with Crippen LogP contribution in [0.4, 0.5) is 0 Å². The van der Waals surface area contributed by atoms with E-state index in [4.69, 9.17) is 0 Å². The van der Waals surface area contributed by atoms with Crippen LogP contribution in [0.1, 0.15) is 52.9 Å². The molecule has 2 atom stereocenters. The van der Waals surface area contributed by atoms with Crippen molar-refractivity contribution < 1.29 is 8.42 Å². The lowest BCUT2D eigenvalue weighted by atomic mass is 9.86. The predicted octanol–water partition coefficient (Wildman–Crippen LogP) is 2.46. The summed E-state index contributed by atoms with van der Waals surface area (Å²) in [5.41, 5.74) is 0. The summed E-state index contributed by atoms with van der Waals surface area (Å²) in [5, 5.41) is 3.53. The maximum absolute atomic E-state index is 11.7. The lowest BCUT2D eigenvalue weighted by molar-refractivity contribution is 0.222. The van der Waals surface area contributed by atoms with Gasteiger partial charge in [-0.15, -0.1) is 0 Å². The summed E-state index contributed by atoms with van der Waals surface area (Å²) in [7, 11) is -3.01. The van der Waals surface area contributed by atoms with E-state index in [0.29, 0.717) is 24.4 Å². The molecule has 0 radical (unpaired) electrons. The van der Waals surface area contributed by atoms with Gasteiger partial charge in [0.2, 0.25) is 10.0 Å². The summed E-state index contributed by atoms with van der Waals surface area (Å²) >= 11 is 0. The Bertz CT molecular complexity index is 368. The summed E-state index contributed by atoms with van der Waals surface area (Å²) in [4.78, 5) is 0. The molecule has 0 aliphatic carbocycles. The normalized spacial score (nSPS) is 23.1. The smallest absolute Gasteiger partial charge is 0.211 e. The molecule has 0 aromatic carbocycles. The second kappa shape index (κ2) is 8.35. The number of rotatable bonds is 8. The molecule has 0 spiro atoms. The quantitative estimate of drug-likeness (QED) is 0.749. The number of hydrogen-bond donors (Lipinski definition) is 1. The summed E-state index contributed by atoms with van der Waals surface area (Å²) < 4.78 is 25.0. The highest BCUT2D eigenvalue weighted by molar-refractivity contribution is 7.88. The maximum atomic E-state index is 11.7. The molecule has 0 bridgehead atoms. The fourth-order valence-electron chi connectivity index (χ4n) is 3.11. The van der Waals surface area contributed by atoms with Crippen LogP contribution in [0, 0.1) is 11.8 Å². The Morgan fingerprint density at radius 3 is 2.60 bits per heavy atom. The highest BCUT2D eigenvalue weighted by Gasteiger charge is 2.27. The Kier molecular flexibility index (Phi) is 7.48. The Labute approximate surface area is 125 Å². The molecule has 1 N–H and O–H groups in total. The largest absolute Gasteiger partial charge is 0.314 e. The highest BCUT2D eigenvalue weighted by Crippen LogP contribution is 2.26. The number of nitrogens with one attached hydrogen (secondary N) is 1. The first-order valence-electron chi connectivity index (χ1n) is 8.01. The topological polar surface area (TPSA) is 49.4 Å². The third-order valence-corrected chi connectivity index (χ3v) is 5.40. The maximum Gasteiger partial charge on any atom is 0.211 e. The Balaban J connectivity index is 2.50. The molecule has 4 nitrogen and oxygen atoms in total. The van der Waals surface area contributed by atoms with Gasteiger partial charge in [0.05, 0.1) is 6.26 Å². The zero-order valence-electron chi connectivity index (χ0n) is 13.6. The Morgan fingerprint density at radius 2 is 2.05 bits per heavy atom. The molecule has 1 aliphatic rings. The molecule has 0 saturated carbocycles. The fraction of sp³-hybridized carbons (Fsp3) is 1.00. The van der Waals surface area contributed by atoms with Gasteiger partial charge < -0.3 is 5.32 Å². The standard InChI is InChI=1S/C15H32N2O2S/c1-5-7-14(11-16-13(2)3)10-15-8-6-9-17(12-15)20(4,18)19/h13-16H,5-12H2,1-4H3. The number of piperidine rings is 1. The van der Waals surface area contributed by atoms with Gasteiger partial charge in [-0.2, -0.15) is 0 Å². The van der Waals surface area contributed by atoms with E-state index in [1.54, 1.807) is 4.31 Å². The molecule has 120 valence electrons. The van der Waals surface area contributed by atoms with Gasteiger partial charge >= 0.3 is 0 Å². The van der Waals surface area contributed by atoms with Crippen molar-refractivity contribution >= 4 is 10.0 Å². The molecule has 1 heterocycles. The SMILES string of the molecule is CCCC(CNC(C)C)CC1CCCN(S(C)(=O)=O)C1. The van der Waals surface area contributed by atoms with Crippen molar-refractivity contribution in [1.82, 2.24) is 9.62 Å². The second-order valence-corrected chi connectivity index (χ2v) is 8.57. The van der Waals surface area contributed by atoms with E-state index in [0.717, 1.165) is 25.9 Å². The molecule has 5 heteroatoms. The van der Waals surface area contributed by atoms with Crippen LogP contribution < -0.4 is 5.32 Å². The first-order chi connectivity index (χ1) is 9.32. The molecule has 1 rings (SSSR count). The van der Waals surface area contributed by atoms with Gasteiger partial charge in [0.1, 0.15) is 0 Å².